The van der Waals surface area contributed by atoms with Crippen molar-refractivity contribution < 1.29 is 19.0 Å². The number of rotatable bonds is 10. The van der Waals surface area contributed by atoms with E-state index in [0.29, 0.717) is 5.75 Å². The first-order valence-electron chi connectivity index (χ1n) is 11.8. The first-order chi connectivity index (χ1) is 16.6. The van der Waals surface area contributed by atoms with Crippen molar-refractivity contribution in [3.8, 4) is 5.75 Å². The summed E-state index contributed by atoms with van der Waals surface area (Å²) in [5.74, 6) is -0.200. The maximum atomic E-state index is 14.9. The van der Waals surface area contributed by atoms with Gasteiger partial charge in [-0.3, -0.25) is 4.90 Å². The summed E-state index contributed by atoms with van der Waals surface area (Å²) in [6, 6.07) is 10.3. The molecule has 1 atom stereocenters. The molecule has 1 unspecified atom stereocenters. The van der Waals surface area contributed by atoms with E-state index in [0.717, 1.165) is 43.6 Å². The number of carbonyl (C=O) groups is 1. The lowest BCUT2D eigenvalue weighted by molar-refractivity contribution is -0.139. The van der Waals surface area contributed by atoms with Crippen molar-refractivity contribution in [2.75, 3.05) is 19.7 Å². The summed E-state index contributed by atoms with van der Waals surface area (Å²) in [4.78, 5) is 15.8. The molecule has 4 nitrogen and oxygen atoms in total. The number of allylic oxidation sites excluding steroid dienone is 4. The van der Waals surface area contributed by atoms with Crippen LogP contribution >= 0.6 is 32.1 Å². The summed E-state index contributed by atoms with van der Waals surface area (Å²) in [5.41, 5.74) is 4.52. The second kappa shape index (κ2) is 12.4. The summed E-state index contributed by atoms with van der Waals surface area (Å²) in [7, 11) is 0. The van der Waals surface area contributed by atoms with E-state index in [4.69, 9.17) is 9.84 Å². The van der Waals surface area contributed by atoms with Gasteiger partial charge in [0.1, 0.15) is 5.75 Å². The van der Waals surface area contributed by atoms with Crippen LogP contribution in [0.2, 0.25) is 0 Å². The van der Waals surface area contributed by atoms with Gasteiger partial charge in [0.15, 0.2) is 10.3 Å². The van der Waals surface area contributed by atoms with Crippen LogP contribution in [0.25, 0.3) is 5.57 Å². The van der Waals surface area contributed by atoms with E-state index in [-0.39, 0.29) is 12.5 Å². The van der Waals surface area contributed by atoms with Crippen molar-refractivity contribution in [3.63, 3.8) is 0 Å². The molecule has 1 aliphatic rings. The molecule has 0 radical (unpaired) electrons. The van der Waals surface area contributed by atoms with Gasteiger partial charge >= 0.3 is 5.97 Å². The molecule has 35 heavy (non-hydrogen) atoms. The van der Waals surface area contributed by atoms with E-state index < -0.39 is 30.4 Å². The molecule has 2 aromatic rings. The topological polar surface area (TPSA) is 49.8 Å². The highest BCUT2D eigenvalue weighted by Gasteiger charge is 2.27. The minimum atomic E-state index is -1.28. The zero-order chi connectivity index (χ0) is 25.6. The van der Waals surface area contributed by atoms with Crippen LogP contribution in [0.5, 0.6) is 5.75 Å². The summed E-state index contributed by atoms with van der Waals surface area (Å²) >= 11 is 1.02. The Balaban J connectivity index is 1.64. The predicted molar refractivity (Wildman–Crippen MR) is 154 cm³/mol. The van der Waals surface area contributed by atoms with Gasteiger partial charge in [0.05, 0.1) is 0 Å². The minimum Gasteiger partial charge on any atom is -0.482 e. The van der Waals surface area contributed by atoms with Gasteiger partial charge < -0.3 is 9.84 Å². The molecular weight excluding hydrogens is 576 g/mol. The quantitative estimate of drug-likeness (QED) is 0.181. The minimum absolute atomic E-state index is 0.154. The molecule has 1 N–H and O–H groups in total. The lowest BCUT2D eigenvalue weighted by Crippen LogP contribution is -2.25. The maximum absolute atomic E-state index is 14.9. The third-order valence-electron chi connectivity index (χ3n) is 6.26. The van der Waals surface area contributed by atoms with Crippen molar-refractivity contribution in [2.45, 2.75) is 50.8 Å². The highest BCUT2D eigenvalue weighted by Crippen LogP contribution is 2.37. The van der Waals surface area contributed by atoms with Crippen LogP contribution in [0.4, 0.5) is 4.39 Å². The number of hydrogen-bond acceptors (Lipinski definition) is 4. The molecule has 0 spiro atoms. The van der Waals surface area contributed by atoms with Gasteiger partial charge in [0.2, 0.25) is 0 Å². The number of nitrogens with zero attached hydrogens (tertiary/aromatic N) is 1. The monoisotopic (exact) mass is 611 g/mol. The van der Waals surface area contributed by atoms with Crippen LogP contribution < -0.4 is 4.74 Å². The normalized spacial score (nSPS) is 17.1. The molecule has 0 bridgehead atoms. The third-order valence-corrected chi connectivity index (χ3v) is 9.52. The van der Waals surface area contributed by atoms with Gasteiger partial charge in [-0.1, -0.05) is 57.3 Å². The Bertz CT molecular complexity index is 1120. The highest BCUT2D eigenvalue weighted by molar-refractivity contribution is 14.2. The second-order valence-electron chi connectivity index (χ2n) is 9.30. The van der Waals surface area contributed by atoms with Gasteiger partial charge in [0.25, 0.3) is 0 Å². The van der Waals surface area contributed by atoms with Crippen LogP contribution in [0.15, 0.2) is 48.1 Å². The third kappa shape index (κ3) is 7.82. The summed E-state index contributed by atoms with van der Waals surface area (Å²) in [6.07, 6.45) is 5.89. The fourth-order valence-corrected chi connectivity index (χ4v) is 6.53. The average Bonchev–Trinajstić information content (AvgIpc) is 3.18. The number of carboxylic acids is 1. The number of halogens is 2. The number of aliphatic carboxylic acids is 1. The van der Waals surface area contributed by atoms with Crippen LogP contribution in [0.1, 0.15) is 48.6 Å². The van der Waals surface area contributed by atoms with Crippen molar-refractivity contribution in [1.82, 2.24) is 4.90 Å². The number of fused-ring (bicyclic) bond motifs is 1. The number of ether oxygens (including phenoxy) is 1. The molecule has 0 aliphatic carbocycles. The molecule has 1 aromatic carbocycles. The van der Waals surface area contributed by atoms with Crippen LogP contribution in [-0.4, -0.2) is 43.9 Å². The van der Waals surface area contributed by atoms with E-state index in [1.807, 2.05) is 32.1 Å². The fourth-order valence-electron chi connectivity index (χ4n) is 4.26. The molecule has 0 amide bonds. The molecule has 0 saturated heterocycles. The molecule has 0 saturated carbocycles. The van der Waals surface area contributed by atoms with E-state index in [1.54, 1.807) is 18.3 Å². The lowest BCUT2D eigenvalue weighted by Gasteiger charge is -2.22. The number of hydrogen-bond donors (Lipinski definition) is 1. The standard InChI is InChI=1S/C28H35FINO3S/c1-19(2)25(28(4,29)30-5)10-6-20(3)26-11-9-24(35-26)17-31-14-12-21-7-8-23(34-18-27(32)33)16-22(21)13-15-31/h6-11,16,19H,5,12-15,17-18H2,1-4H3,(H,32,33)/b20-6+,25-10+. The first kappa shape index (κ1) is 27.7. The van der Waals surface area contributed by atoms with Crippen molar-refractivity contribution in [2.24, 2.45) is 5.92 Å². The lowest BCUT2D eigenvalue weighted by atomic mass is 9.98. The Morgan fingerprint density at radius 3 is 2.63 bits per heavy atom. The van der Waals surface area contributed by atoms with Crippen LogP contribution in [-0.2, 0) is 24.2 Å². The van der Waals surface area contributed by atoms with E-state index >= 15 is 0 Å². The molecule has 190 valence electrons. The number of benzene rings is 1. The smallest absolute Gasteiger partial charge is 0.341 e. The second-order valence-corrected chi connectivity index (χ2v) is 13.3. The van der Waals surface area contributed by atoms with Crippen molar-refractivity contribution in [3.05, 3.63) is 68.9 Å². The molecule has 7 heteroatoms. The van der Waals surface area contributed by atoms with Crippen LogP contribution in [0, 0.1) is 5.92 Å². The average molecular weight is 612 g/mol. The Hall–Kier alpha value is -1.84. The van der Waals surface area contributed by atoms with E-state index in [1.165, 1.54) is 20.9 Å². The van der Waals surface area contributed by atoms with Gasteiger partial charge in [-0.05, 0) is 79.1 Å². The largest absolute Gasteiger partial charge is 0.482 e. The molecule has 2 heterocycles. The van der Waals surface area contributed by atoms with E-state index in [2.05, 4.69) is 40.6 Å². The molecule has 1 aromatic heterocycles. The Morgan fingerprint density at radius 1 is 1.26 bits per heavy atom. The summed E-state index contributed by atoms with van der Waals surface area (Å²) < 4.78 is 22.9. The SMILES string of the molecule is C=IC(C)(F)/C(=C/C=C(\C)c1ccc(CN2CCc3ccc(OCC(=O)O)cc3CC2)s1)C(C)C. The summed E-state index contributed by atoms with van der Waals surface area (Å²) in [5, 5.41) is 8.83. The molecule has 3 rings (SSSR count). The van der Waals surface area contributed by atoms with Gasteiger partial charge in [-0.2, -0.15) is 0 Å². The highest BCUT2D eigenvalue weighted by atomic mass is 127. The number of carboxylic acid groups (broad SMARTS) is 1. The molecule has 1 aliphatic heterocycles. The predicted octanol–water partition coefficient (Wildman–Crippen LogP) is 6.89. The van der Waals surface area contributed by atoms with Gasteiger partial charge in [0, 0.05) is 29.4 Å². The number of alkyl halides is 2. The van der Waals surface area contributed by atoms with Gasteiger partial charge in [-0.25, -0.2) is 9.18 Å². The Kier molecular flexibility index (Phi) is 9.84. The van der Waals surface area contributed by atoms with Crippen molar-refractivity contribution in [1.29, 1.82) is 0 Å². The van der Waals surface area contributed by atoms with Crippen LogP contribution in [0.3, 0.4) is 0 Å². The zero-order valence-corrected chi connectivity index (χ0v) is 23.9. The zero-order valence-electron chi connectivity index (χ0n) is 20.9. The Morgan fingerprint density at radius 2 is 1.97 bits per heavy atom. The Labute approximate surface area is 222 Å². The first-order valence-corrected chi connectivity index (χ1v) is 15.3. The van der Waals surface area contributed by atoms with Crippen molar-refractivity contribution >= 4 is 48.1 Å². The summed E-state index contributed by atoms with van der Waals surface area (Å²) in [6.45, 7) is 10.3. The maximum Gasteiger partial charge on any atom is 0.341 e. The molecular formula is C28H35FINO3S. The number of thiophene rings is 1. The van der Waals surface area contributed by atoms with E-state index in [9.17, 15) is 9.18 Å². The molecule has 0 fully saturated rings. The fraction of sp³-hybridized carbons (Fsp3) is 0.429. The van der Waals surface area contributed by atoms with Gasteiger partial charge in [-0.15, -0.1) is 11.3 Å².